The molecule has 0 aliphatic carbocycles. The maximum atomic E-state index is 12.1. The monoisotopic (exact) mass is 272 g/mol. The van der Waals surface area contributed by atoms with E-state index in [0.717, 1.165) is 11.4 Å². The van der Waals surface area contributed by atoms with Crippen LogP contribution < -0.4 is 10.6 Å². The number of hydrogen-bond donors (Lipinski definition) is 2. The molecule has 2 N–H and O–H groups in total. The molecule has 1 amide bonds. The lowest BCUT2D eigenvalue weighted by Gasteiger charge is -2.10. The number of carbonyl (C=O) groups is 1. The molecule has 106 valence electrons. The Morgan fingerprint density at radius 3 is 2.70 bits per heavy atom. The van der Waals surface area contributed by atoms with Crippen molar-refractivity contribution < 1.29 is 4.79 Å². The van der Waals surface area contributed by atoms with Gasteiger partial charge in [0, 0.05) is 18.8 Å². The Morgan fingerprint density at radius 1 is 1.35 bits per heavy atom. The van der Waals surface area contributed by atoms with Gasteiger partial charge in [0.25, 0.3) is 5.91 Å². The highest BCUT2D eigenvalue weighted by Gasteiger charge is 2.14. The van der Waals surface area contributed by atoms with Crippen molar-refractivity contribution in [2.24, 2.45) is 0 Å². The van der Waals surface area contributed by atoms with Crippen molar-refractivity contribution in [3.05, 3.63) is 47.8 Å². The Kier molecular flexibility index (Phi) is 4.53. The van der Waals surface area contributed by atoms with E-state index >= 15 is 0 Å². The number of aryl methyl sites for hydroxylation is 1. The van der Waals surface area contributed by atoms with Gasteiger partial charge in [0.2, 0.25) is 0 Å². The second-order valence-electron chi connectivity index (χ2n) is 4.81. The Bertz CT molecular complexity index is 577. The van der Waals surface area contributed by atoms with Gasteiger partial charge in [-0.15, -0.1) is 0 Å². The van der Waals surface area contributed by atoms with Crippen molar-refractivity contribution >= 4 is 5.91 Å². The highest BCUT2D eigenvalue weighted by atomic mass is 16.1. The maximum Gasteiger partial charge on any atom is 0.254 e. The topological polar surface area (TPSA) is 58.9 Å². The van der Waals surface area contributed by atoms with Gasteiger partial charge >= 0.3 is 0 Å². The number of carbonyl (C=O) groups excluding carboxylic acids is 1. The van der Waals surface area contributed by atoms with Crippen LogP contribution in [0, 0.1) is 6.92 Å². The second kappa shape index (κ2) is 6.34. The number of amides is 1. The summed E-state index contributed by atoms with van der Waals surface area (Å²) in [7, 11) is 1.87. The van der Waals surface area contributed by atoms with Gasteiger partial charge < -0.3 is 10.6 Å². The minimum absolute atomic E-state index is 0.0909. The zero-order chi connectivity index (χ0) is 14.5. The third-order valence-electron chi connectivity index (χ3n) is 3.23. The zero-order valence-electron chi connectivity index (χ0n) is 12.1. The molecule has 1 aromatic carbocycles. The van der Waals surface area contributed by atoms with Crippen LogP contribution in [0.25, 0.3) is 5.69 Å². The van der Waals surface area contributed by atoms with Crippen LogP contribution in [0.5, 0.6) is 0 Å². The highest BCUT2D eigenvalue weighted by Crippen LogP contribution is 2.11. The second-order valence-corrected chi connectivity index (χ2v) is 4.81. The van der Waals surface area contributed by atoms with Crippen LogP contribution in [-0.4, -0.2) is 35.3 Å². The van der Waals surface area contributed by atoms with Crippen molar-refractivity contribution in [3.8, 4) is 5.69 Å². The van der Waals surface area contributed by atoms with Crippen molar-refractivity contribution in [1.82, 2.24) is 20.4 Å². The summed E-state index contributed by atoms with van der Waals surface area (Å²) in [6, 6.07) is 9.99. The van der Waals surface area contributed by atoms with E-state index in [1.807, 2.05) is 51.2 Å². The quantitative estimate of drug-likeness (QED) is 0.867. The predicted octanol–water partition coefficient (Wildman–Crippen LogP) is 1.52. The van der Waals surface area contributed by atoms with Crippen LogP contribution in [0.2, 0.25) is 0 Å². The minimum Gasteiger partial charge on any atom is -0.350 e. The molecule has 5 heteroatoms. The van der Waals surface area contributed by atoms with Gasteiger partial charge in [0.15, 0.2) is 0 Å². The van der Waals surface area contributed by atoms with E-state index in [0.29, 0.717) is 12.1 Å². The summed E-state index contributed by atoms with van der Waals surface area (Å²) in [5, 5.41) is 10.4. The van der Waals surface area contributed by atoms with Crippen molar-refractivity contribution in [2.75, 3.05) is 13.6 Å². The molecule has 0 radical (unpaired) electrons. The molecule has 20 heavy (non-hydrogen) atoms. The lowest BCUT2D eigenvalue weighted by atomic mass is 10.2. The molecule has 1 aromatic heterocycles. The third-order valence-corrected chi connectivity index (χ3v) is 3.23. The van der Waals surface area contributed by atoms with E-state index in [2.05, 4.69) is 15.7 Å². The molecule has 1 atom stereocenters. The standard InChI is InChI=1S/C15H20N4O/c1-11(16-3)9-17-15(20)14-10-19(18-12(14)2)13-7-5-4-6-8-13/h4-8,10-11,16H,9H2,1-3H3,(H,17,20). The van der Waals surface area contributed by atoms with Gasteiger partial charge in [-0.2, -0.15) is 5.10 Å². The SMILES string of the molecule is CNC(C)CNC(=O)c1cn(-c2ccccc2)nc1C. The van der Waals surface area contributed by atoms with Gasteiger partial charge in [-0.25, -0.2) is 4.68 Å². The summed E-state index contributed by atoms with van der Waals surface area (Å²) in [4.78, 5) is 12.1. The zero-order valence-corrected chi connectivity index (χ0v) is 12.1. The Morgan fingerprint density at radius 2 is 2.05 bits per heavy atom. The molecule has 0 spiro atoms. The molecule has 5 nitrogen and oxygen atoms in total. The first-order chi connectivity index (χ1) is 9.61. The number of aromatic nitrogens is 2. The first-order valence-electron chi connectivity index (χ1n) is 6.69. The lowest BCUT2D eigenvalue weighted by molar-refractivity contribution is 0.0950. The summed E-state index contributed by atoms with van der Waals surface area (Å²) in [5.74, 6) is -0.0909. The molecule has 1 unspecified atom stereocenters. The number of nitrogens with zero attached hydrogens (tertiary/aromatic N) is 2. The van der Waals surface area contributed by atoms with Gasteiger partial charge in [-0.3, -0.25) is 4.79 Å². The summed E-state index contributed by atoms with van der Waals surface area (Å²) in [5.41, 5.74) is 2.28. The van der Waals surface area contributed by atoms with Crippen LogP contribution in [0.3, 0.4) is 0 Å². The van der Waals surface area contributed by atoms with E-state index in [1.54, 1.807) is 10.9 Å². The fraction of sp³-hybridized carbons (Fsp3) is 0.333. The van der Waals surface area contributed by atoms with E-state index < -0.39 is 0 Å². The summed E-state index contributed by atoms with van der Waals surface area (Å²) < 4.78 is 1.73. The Labute approximate surface area is 119 Å². The maximum absolute atomic E-state index is 12.1. The van der Waals surface area contributed by atoms with Crippen LogP contribution in [0.15, 0.2) is 36.5 Å². The predicted molar refractivity (Wildman–Crippen MR) is 79.2 cm³/mol. The van der Waals surface area contributed by atoms with E-state index in [-0.39, 0.29) is 11.9 Å². The number of para-hydroxylation sites is 1. The van der Waals surface area contributed by atoms with Crippen molar-refractivity contribution in [3.63, 3.8) is 0 Å². The number of nitrogens with one attached hydrogen (secondary N) is 2. The van der Waals surface area contributed by atoms with Gasteiger partial charge in [-0.1, -0.05) is 18.2 Å². The largest absolute Gasteiger partial charge is 0.350 e. The Hall–Kier alpha value is -2.14. The van der Waals surface area contributed by atoms with Crippen molar-refractivity contribution in [2.45, 2.75) is 19.9 Å². The molecule has 2 rings (SSSR count). The molecule has 0 bridgehead atoms. The summed E-state index contributed by atoms with van der Waals surface area (Å²) in [6.07, 6.45) is 1.77. The first-order valence-corrected chi connectivity index (χ1v) is 6.69. The van der Waals surface area contributed by atoms with Crippen LogP contribution >= 0.6 is 0 Å². The molecular weight excluding hydrogens is 252 g/mol. The number of rotatable bonds is 5. The molecule has 2 aromatic rings. The average Bonchev–Trinajstić information content (AvgIpc) is 2.87. The van der Waals surface area contributed by atoms with Crippen LogP contribution in [0.4, 0.5) is 0 Å². The highest BCUT2D eigenvalue weighted by molar-refractivity contribution is 5.95. The van der Waals surface area contributed by atoms with Crippen LogP contribution in [0.1, 0.15) is 23.0 Å². The number of hydrogen-bond acceptors (Lipinski definition) is 3. The lowest BCUT2D eigenvalue weighted by Crippen LogP contribution is -2.37. The Balaban J connectivity index is 2.13. The minimum atomic E-state index is -0.0909. The van der Waals surface area contributed by atoms with Gasteiger partial charge in [-0.05, 0) is 33.0 Å². The number of benzene rings is 1. The molecule has 0 aliphatic rings. The molecule has 0 saturated heterocycles. The molecule has 0 fully saturated rings. The summed E-state index contributed by atoms with van der Waals surface area (Å²) in [6.45, 7) is 4.45. The molecule has 1 heterocycles. The molecule has 0 saturated carbocycles. The molecule has 0 aliphatic heterocycles. The van der Waals surface area contributed by atoms with E-state index in [9.17, 15) is 4.79 Å². The van der Waals surface area contributed by atoms with Gasteiger partial charge in [0.1, 0.15) is 0 Å². The molecular formula is C15H20N4O. The normalized spacial score (nSPS) is 12.2. The van der Waals surface area contributed by atoms with Crippen LogP contribution in [-0.2, 0) is 0 Å². The smallest absolute Gasteiger partial charge is 0.254 e. The number of likely N-dealkylation sites (N-methyl/N-ethyl adjacent to an activating group) is 1. The van der Waals surface area contributed by atoms with E-state index in [1.165, 1.54) is 0 Å². The fourth-order valence-corrected chi connectivity index (χ4v) is 1.84. The third kappa shape index (κ3) is 3.24. The fourth-order valence-electron chi connectivity index (χ4n) is 1.84. The summed E-state index contributed by atoms with van der Waals surface area (Å²) >= 11 is 0. The first kappa shape index (κ1) is 14.3. The van der Waals surface area contributed by atoms with Crippen molar-refractivity contribution in [1.29, 1.82) is 0 Å². The van der Waals surface area contributed by atoms with E-state index in [4.69, 9.17) is 0 Å². The van der Waals surface area contributed by atoms with Gasteiger partial charge in [0.05, 0.1) is 16.9 Å². The average molecular weight is 272 g/mol.